The number of likely N-dealkylation sites (tertiary alicyclic amines) is 1. The van der Waals surface area contributed by atoms with Crippen molar-refractivity contribution >= 4 is 30.2 Å². The van der Waals surface area contributed by atoms with Crippen molar-refractivity contribution in [3.63, 3.8) is 0 Å². The minimum absolute atomic E-state index is 0. The van der Waals surface area contributed by atoms with E-state index in [0.29, 0.717) is 38.1 Å². The molecule has 1 atom stereocenters. The molecule has 0 spiro atoms. The number of anilines is 1. The van der Waals surface area contributed by atoms with Crippen LogP contribution in [0.2, 0.25) is 0 Å². The Bertz CT molecular complexity index is 997. The van der Waals surface area contributed by atoms with Crippen molar-refractivity contribution in [3.05, 3.63) is 22.7 Å². The number of urea groups is 1. The Labute approximate surface area is 231 Å². The van der Waals surface area contributed by atoms with E-state index in [0.717, 1.165) is 58.2 Å². The van der Waals surface area contributed by atoms with E-state index in [2.05, 4.69) is 15.2 Å². The number of nitrogens with one attached hydrogen (secondary N) is 1. The zero-order valence-electron chi connectivity index (χ0n) is 22.8. The fourth-order valence-corrected chi connectivity index (χ4v) is 5.80. The maximum absolute atomic E-state index is 12.8. The van der Waals surface area contributed by atoms with E-state index < -0.39 is 5.54 Å². The van der Waals surface area contributed by atoms with Crippen LogP contribution in [-0.2, 0) is 4.79 Å². The topological polar surface area (TPSA) is 143 Å². The third-order valence-electron chi connectivity index (χ3n) is 8.06. The highest BCUT2D eigenvalue weighted by molar-refractivity contribution is 5.89. The Morgan fingerprint density at radius 1 is 1.00 bits per heavy atom. The molecule has 1 aromatic heterocycles. The van der Waals surface area contributed by atoms with Gasteiger partial charge in [-0.2, -0.15) is 4.98 Å². The molecular formula is C26H45ClN8O3. The third-order valence-corrected chi connectivity index (χ3v) is 8.06. The van der Waals surface area contributed by atoms with Gasteiger partial charge in [-0.15, -0.1) is 12.4 Å². The smallest absolute Gasteiger partial charge is 0.338 e. The highest BCUT2D eigenvalue weighted by Crippen LogP contribution is 2.32. The van der Waals surface area contributed by atoms with Crippen molar-refractivity contribution in [2.45, 2.75) is 76.4 Å². The normalized spacial score (nSPS) is 25.3. The number of hydrogen-bond acceptors (Lipinski definition) is 7. The lowest BCUT2D eigenvalue weighted by Crippen LogP contribution is -2.58. The quantitative estimate of drug-likeness (QED) is 0.503. The molecule has 214 valence electrons. The first-order valence-electron chi connectivity index (χ1n) is 13.8. The van der Waals surface area contributed by atoms with Gasteiger partial charge in [-0.25, -0.2) is 9.59 Å². The van der Waals surface area contributed by atoms with E-state index in [1.54, 1.807) is 40.5 Å². The zero-order valence-corrected chi connectivity index (χ0v) is 23.6. The summed E-state index contributed by atoms with van der Waals surface area (Å²) < 4.78 is 1.72. The summed E-state index contributed by atoms with van der Waals surface area (Å²) in [6.45, 7) is 8.38. The van der Waals surface area contributed by atoms with Gasteiger partial charge in [0.25, 0.3) is 0 Å². The van der Waals surface area contributed by atoms with E-state index in [-0.39, 0.29) is 41.9 Å². The molecule has 38 heavy (non-hydrogen) atoms. The number of nitrogens with two attached hydrogens (primary N) is 2. The first-order chi connectivity index (χ1) is 17.6. The molecule has 1 aromatic rings. The van der Waals surface area contributed by atoms with Gasteiger partial charge in [-0.05, 0) is 83.9 Å². The molecule has 3 amide bonds. The van der Waals surface area contributed by atoms with Gasteiger partial charge < -0.3 is 26.2 Å². The highest BCUT2D eigenvalue weighted by atomic mass is 35.5. The van der Waals surface area contributed by atoms with Crippen LogP contribution in [0.4, 0.5) is 10.6 Å². The molecule has 1 unspecified atom stereocenters. The molecule has 2 aliphatic heterocycles. The molecule has 3 fully saturated rings. The predicted molar refractivity (Wildman–Crippen MR) is 150 cm³/mol. The number of carbonyl (C=O) groups is 2. The molecule has 0 aromatic carbocycles. The van der Waals surface area contributed by atoms with Crippen LogP contribution in [-0.4, -0.2) is 93.6 Å². The fraction of sp³-hybridized carbons (Fsp3) is 0.769. The van der Waals surface area contributed by atoms with Gasteiger partial charge >= 0.3 is 11.7 Å². The molecule has 12 heteroatoms. The second-order valence-electron chi connectivity index (χ2n) is 11.6. The Hall–Kier alpha value is -2.21. The number of rotatable bonds is 5. The molecule has 5 N–H and O–H groups in total. The number of amides is 3. The largest absolute Gasteiger partial charge is 0.349 e. The van der Waals surface area contributed by atoms with E-state index in [1.807, 2.05) is 0 Å². The summed E-state index contributed by atoms with van der Waals surface area (Å²) in [5, 5.41) is 2.74. The average Bonchev–Trinajstić information content (AvgIpc) is 3.07. The molecule has 1 saturated carbocycles. The van der Waals surface area contributed by atoms with Gasteiger partial charge in [0.05, 0.1) is 5.54 Å². The number of piperazine rings is 1. The Morgan fingerprint density at radius 3 is 2.29 bits per heavy atom. The number of aromatic nitrogens is 2. The lowest BCUT2D eigenvalue weighted by Gasteiger charge is -2.37. The molecule has 0 bridgehead atoms. The first kappa shape index (κ1) is 30.3. The predicted octanol–water partition coefficient (Wildman–Crippen LogP) is 1.62. The molecule has 1 aliphatic carbocycles. The van der Waals surface area contributed by atoms with E-state index >= 15 is 0 Å². The van der Waals surface area contributed by atoms with Crippen molar-refractivity contribution in [1.29, 1.82) is 0 Å². The molecule has 11 nitrogen and oxygen atoms in total. The monoisotopic (exact) mass is 552 g/mol. The number of hydrogen-bond donors (Lipinski definition) is 3. The van der Waals surface area contributed by atoms with Crippen molar-refractivity contribution < 1.29 is 9.59 Å². The summed E-state index contributed by atoms with van der Waals surface area (Å²) in [7, 11) is 0. The van der Waals surface area contributed by atoms with Gasteiger partial charge in [0.15, 0.2) is 0 Å². The Kier molecular flexibility index (Phi) is 10.6. The van der Waals surface area contributed by atoms with E-state index in [1.165, 1.54) is 6.42 Å². The number of nitrogens with zero attached hydrogens (tertiary/aromatic N) is 5. The maximum atomic E-state index is 12.8. The lowest BCUT2D eigenvalue weighted by atomic mass is 9.85. The molecule has 3 aliphatic rings. The number of carbonyl (C=O) groups excluding carboxylic acids is 2. The summed E-state index contributed by atoms with van der Waals surface area (Å²) in [4.78, 5) is 47.9. The standard InChI is InChI=1S/C26H44N8O3.ClH/c1-26(2,28)23(35)32-14-16-33(17-15-32)24(36)29-22-10-13-34(25(37)30-22)21-7-5-19(6-8-21)18-31-11-3-4-20(27)9-12-31;/h10,13,19-21H,3-9,11-12,14-18,27-28H2,1-2H3,(H,29,30,36,37);1H. The van der Waals surface area contributed by atoms with Crippen molar-refractivity contribution in [2.75, 3.05) is 51.1 Å². The van der Waals surface area contributed by atoms with Crippen molar-refractivity contribution in [3.8, 4) is 0 Å². The van der Waals surface area contributed by atoms with Gasteiger partial charge in [0, 0.05) is 51.0 Å². The van der Waals surface area contributed by atoms with Crippen LogP contribution in [0.25, 0.3) is 0 Å². The van der Waals surface area contributed by atoms with Crippen molar-refractivity contribution in [2.24, 2.45) is 17.4 Å². The summed E-state index contributed by atoms with van der Waals surface area (Å²) in [5.74, 6) is 0.791. The van der Waals surface area contributed by atoms with Crippen LogP contribution in [0.3, 0.4) is 0 Å². The highest BCUT2D eigenvalue weighted by Gasteiger charge is 2.31. The Morgan fingerprint density at radius 2 is 1.66 bits per heavy atom. The minimum atomic E-state index is -0.932. The minimum Gasteiger partial charge on any atom is -0.338 e. The summed E-state index contributed by atoms with van der Waals surface area (Å²) in [5.41, 5.74) is 10.8. The van der Waals surface area contributed by atoms with Gasteiger partial charge in [0.1, 0.15) is 5.82 Å². The first-order valence-corrected chi connectivity index (χ1v) is 13.8. The summed E-state index contributed by atoms with van der Waals surface area (Å²) in [6.07, 6.45) is 9.29. The molecule has 0 radical (unpaired) electrons. The van der Waals surface area contributed by atoms with Crippen LogP contribution in [0.15, 0.2) is 17.1 Å². The second kappa shape index (κ2) is 13.2. The maximum Gasteiger partial charge on any atom is 0.349 e. The molecule has 4 rings (SSSR count). The third kappa shape index (κ3) is 7.91. The van der Waals surface area contributed by atoms with Crippen LogP contribution in [0.5, 0.6) is 0 Å². The van der Waals surface area contributed by atoms with Crippen LogP contribution in [0, 0.1) is 5.92 Å². The van der Waals surface area contributed by atoms with E-state index in [9.17, 15) is 14.4 Å². The number of halogens is 1. The fourth-order valence-electron chi connectivity index (χ4n) is 5.80. The molecule has 3 heterocycles. The van der Waals surface area contributed by atoms with Crippen molar-refractivity contribution in [1.82, 2.24) is 24.3 Å². The summed E-state index contributed by atoms with van der Waals surface area (Å²) in [6, 6.07) is 1.87. The Balaban J connectivity index is 0.00000400. The van der Waals surface area contributed by atoms with Crippen LogP contribution in [0.1, 0.15) is 64.8 Å². The molecular weight excluding hydrogens is 508 g/mol. The van der Waals surface area contributed by atoms with Crippen LogP contribution >= 0.6 is 12.4 Å². The average molecular weight is 553 g/mol. The SMILES string of the molecule is CC(C)(N)C(=O)N1CCN(C(=O)Nc2ccn(C3CCC(CN4CCCC(N)CC4)CC3)c(=O)n2)CC1.Cl. The summed E-state index contributed by atoms with van der Waals surface area (Å²) >= 11 is 0. The van der Waals surface area contributed by atoms with E-state index in [4.69, 9.17) is 11.5 Å². The second-order valence-corrected chi connectivity index (χ2v) is 11.6. The van der Waals surface area contributed by atoms with Gasteiger partial charge in [-0.1, -0.05) is 0 Å². The van der Waals surface area contributed by atoms with Gasteiger partial charge in [-0.3, -0.25) is 14.7 Å². The zero-order chi connectivity index (χ0) is 26.6. The van der Waals surface area contributed by atoms with Gasteiger partial charge in [0.2, 0.25) is 5.91 Å². The lowest BCUT2D eigenvalue weighted by molar-refractivity contribution is -0.137. The molecule has 2 saturated heterocycles. The van der Waals surface area contributed by atoms with Crippen LogP contribution < -0.4 is 22.5 Å².